The van der Waals surface area contributed by atoms with Gasteiger partial charge in [-0.1, -0.05) is 23.5 Å². The summed E-state index contributed by atoms with van der Waals surface area (Å²) < 4.78 is 1.21. The number of piperazine rings is 1. The van der Waals surface area contributed by atoms with Gasteiger partial charge >= 0.3 is 0 Å². The van der Waals surface area contributed by atoms with Crippen LogP contribution in [0.5, 0.6) is 0 Å². The zero-order valence-electron chi connectivity index (χ0n) is 13.7. The number of carbonyl (C=O) groups excluding carboxylic acids is 1. The number of thiazole rings is 1. The van der Waals surface area contributed by atoms with Crippen LogP contribution in [0.2, 0.25) is 0 Å². The van der Waals surface area contributed by atoms with Gasteiger partial charge in [0.2, 0.25) is 5.91 Å². The highest BCUT2D eigenvalue weighted by Crippen LogP contribution is 2.29. The SMILES string of the molecule is CSCC[C@H](N)C(=O)N1CCN(c2nc3ccccc3s2)CC1.Cl. The van der Waals surface area contributed by atoms with Crippen LogP contribution in [0.15, 0.2) is 24.3 Å². The largest absolute Gasteiger partial charge is 0.345 e. The maximum atomic E-state index is 12.3. The third-order valence-electron chi connectivity index (χ3n) is 4.09. The van der Waals surface area contributed by atoms with Gasteiger partial charge in [-0.2, -0.15) is 11.8 Å². The van der Waals surface area contributed by atoms with E-state index in [4.69, 9.17) is 10.7 Å². The maximum absolute atomic E-state index is 12.3. The van der Waals surface area contributed by atoms with Gasteiger partial charge in [-0.25, -0.2) is 4.98 Å². The van der Waals surface area contributed by atoms with Crippen LogP contribution in [0.4, 0.5) is 5.13 Å². The molecule has 5 nitrogen and oxygen atoms in total. The van der Waals surface area contributed by atoms with E-state index in [0.29, 0.717) is 0 Å². The van der Waals surface area contributed by atoms with Crippen LogP contribution < -0.4 is 10.6 Å². The molecule has 2 aromatic rings. The second-order valence-corrected chi connectivity index (χ2v) is 7.66. The first-order valence-corrected chi connectivity index (χ1v) is 10.0. The van der Waals surface area contributed by atoms with E-state index in [-0.39, 0.29) is 24.4 Å². The van der Waals surface area contributed by atoms with E-state index in [1.165, 1.54) is 4.70 Å². The number of nitrogens with zero attached hydrogens (tertiary/aromatic N) is 3. The zero-order valence-corrected chi connectivity index (χ0v) is 16.1. The number of fused-ring (bicyclic) bond motifs is 1. The van der Waals surface area contributed by atoms with Crippen molar-refractivity contribution >= 4 is 56.8 Å². The lowest BCUT2D eigenvalue weighted by molar-refractivity contribution is -0.132. The highest BCUT2D eigenvalue weighted by Gasteiger charge is 2.26. The van der Waals surface area contributed by atoms with Crippen molar-refractivity contribution in [2.45, 2.75) is 12.5 Å². The average Bonchev–Trinajstić information content (AvgIpc) is 3.03. The van der Waals surface area contributed by atoms with E-state index in [0.717, 1.165) is 49.0 Å². The number of hydrogen-bond acceptors (Lipinski definition) is 6. The van der Waals surface area contributed by atoms with Crippen molar-refractivity contribution < 1.29 is 4.79 Å². The van der Waals surface area contributed by atoms with Gasteiger partial charge in [0.05, 0.1) is 16.3 Å². The quantitative estimate of drug-likeness (QED) is 0.855. The Labute approximate surface area is 157 Å². The second-order valence-electron chi connectivity index (χ2n) is 5.66. The predicted octanol–water partition coefficient (Wildman–Crippen LogP) is 2.45. The summed E-state index contributed by atoms with van der Waals surface area (Å²) in [4.78, 5) is 21.2. The van der Waals surface area contributed by atoms with Crippen molar-refractivity contribution in [3.8, 4) is 0 Å². The molecule has 0 saturated carbocycles. The van der Waals surface area contributed by atoms with Gasteiger partial charge in [-0.05, 0) is 30.6 Å². The number of hydrogen-bond donors (Lipinski definition) is 1. The molecule has 1 aliphatic rings. The molecule has 1 aromatic carbocycles. The monoisotopic (exact) mass is 386 g/mol. The van der Waals surface area contributed by atoms with Crippen molar-refractivity contribution in [1.29, 1.82) is 0 Å². The molecule has 8 heteroatoms. The fourth-order valence-corrected chi connectivity index (χ4v) is 4.22. The molecule has 0 spiro atoms. The molecule has 0 aliphatic carbocycles. The minimum absolute atomic E-state index is 0. The topological polar surface area (TPSA) is 62.5 Å². The molecule has 0 bridgehead atoms. The Kier molecular flexibility index (Phi) is 7.16. The molecular formula is C16H23ClN4OS2. The van der Waals surface area contributed by atoms with Crippen LogP contribution in [0.1, 0.15) is 6.42 Å². The van der Waals surface area contributed by atoms with Crippen molar-refractivity contribution in [2.24, 2.45) is 5.73 Å². The summed E-state index contributed by atoms with van der Waals surface area (Å²) >= 11 is 3.44. The number of nitrogens with two attached hydrogens (primary N) is 1. The summed E-state index contributed by atoms with van der Waals surface area (Å²) in [6.45, 7) is 3.09. The lowest BCUT2D eigenvalue weighted by Crippen LogP contribution is -2.53. The Morgan fingerprint density at radius 3 is 2.71 bits per heavy atom. The number of benzene rings is 1. The van der Waals surface area contributed by atoms with E-state index in [2.05, 4.69) is 11.0 Å². The Bertz CT molecular complexity index is 640. The summed E-state index contributed by atoms with van der Waals surface area (Å²) in [6.07, 6.45) is 2.78. The van der Waals surface area contributed by atoms with E-state index in [9.17, 15) is 4.79 Å². The summed E-state index contributed by atoms with van der Waals surface area (Å²) in [6, 6.07) is 7.83. The van der Waals surface area contributed by atoms with Crippen LogP contribution in [0.25, 0.3) is 10.2 Å². The Morgan fingerprint density at radius 2 is 2.04 bits per heavy atom. The van der Waals surface area contributed by atoms with E-state index < -0.39 is 0 Å². The van der Waals surface area contributed by atoms with Crippen molar-refractivity contribution in [3.63, 3.8) is 0 Å². The molecule has 0 radical (unpaired) electrons. The third-order valence-corrected chi connectivity index (χ3v) is 5.84. The number of anilines is 1. The Balaban J connectivity index is 0.00000208. The highest BCUT2D eigenvalue weighted by molar-refractivity contribution is 7.98. The van der Waals surface area contributed by atoms with E-state index in [1.807, 2.05) is 29.4 Å². The number of thioether (sulfide) groups is 1. The summed E-state index contributed by atoms with van der Waals surface area (Å²) in [7, 11) is 0. The van der Waals surface area contributed by atoms with Crippen LogP contribution >= 0.6 is 35.5 Å². The van der Waals surface area contributed by atoms with E-state index >= 15 is 0 Å². The van der Waals surface area contributed by atoms with Crippen molar-refractivity contribution in [2.75, 3.05) is 43.1 Å². The molecule has 1 fully saturated rings. The van der Waals surface area contributed by atoms with Gasteiger partial charge in [0.15, 0.2) is 5.13 Å². The molecule has 3 rings (SSSR count). The average molecular weight is 387 g/mol. The lowest BCUT2D eigenvalue weighted by Gasteiger charge is -2.35. The number of amides is 1. The summed E-state index contributed by atoms with van der Waals surface area (Å²) in [5.41, 5.74) is 7.05. The first-order valence-electron chi connectivity index (χ1n) is 7.83. The van der Waals surface area contributed by atoms with Gasteiger partial charge < -0.3 is 15.5 Å². The second kappa shape index (κ2) is 8.89. The number of para-hydroxylation sites is 1. The van der Waals surface area contributed by atoms with Crippen LogP contribution in [-0.2, 0) is 4.79 Å². The van der Waals surface area contributed by atoms with Crippen molar-refractivity contribution in [3.05, 3.63) is 24.3 Å². The predicted molar refractivity (Wildman–Crippen MR) is 107 cm³/mol. The normalized spacial score (nSPS) is 16.1. The molecule has 0 unspecified atom stereocenters. The smallest absolute Gasteiger partial charge is 0.239 e. The minimum atomic E-state index is -0.364. The zero-order chi connectivity index (χ0) is 16.2. The Hall–Kier alpha value is -1.02. The number of carbonyl (C=O) groups is 1. The number of rotatable bonds is 5. The molecule has 1 saturated heterocycles. The summed E-state index contributed by atoms with van der Waals surface area (Å²) in [5.74, 6) is 1.02. The highest BCUT2D eigenvalue weighted by atomic mass is 35.5. The summed E-state index contributed by atoms with van der Waals surface area (Å²) in [5, 5.41) is 1.05. The van der Waals surface area contributed by atoms with Gasteiger partial charge in [-0.3, -0.25) is 4.79 Å². The molecule has 2 N–H and O–H groups in total. The molecular weight excluding hydrogens is 364 g/mol. The molecule has 1 aromatic heterocycles. The maximum Gasteiger partial charge on any atom is 0.239 e. The fraction of sp³-hybridized carbons (Fsp3) is 0.500. The van der Waals surface area contributed by atoms with Crippen LogP contribution in [0, 0.1) is 0 Å². The van der Waals surface area contributed by atoms with Crippen molar-refractivity contribution in [1.82, 2.24) is 9.88 Å². The molecule has 24 heavy (non-hydrogen) atoms. The molecule has 2 heterocycles. The van der Waals surface area contributed by atoms with Gasteiger partial charge in [0.25, 0.3) is 0 Å². The Morgan fingerprint density at radius 1 is 1.33 bits per heavy atom. The van der Waals surface area contributed by atoms with Crippen LogP contribution in [-0.4, -0.2) is 60.0 Å². The standard InChI is InChI=1S/C16H22N4OS2.ClH/c1-22-11-6-12(17)15(21)19-7-9-20(10-8-19)16-18-13-4-2-3-5-14(13)23-16;/h2-5,12H,6-11,17H2,1H3;1H/t12-;/m0./s1. The van der Waals surface area contributed by atoms with E-state index in [1.54, 1.807) is 23.1 Å². The minimum Gasteiger partial charge on any atom is -0.345 e. The number of aromatic nitrogens is 1. The van der Waals surface area contributed by atoms with Gasteiger partial charge in [-0.15, -0.1) is 12.4 Å². The van der Waals surface area contributed by atoms with Gasteiger partial charge in [0, 0.05) is 26.2 Å². The molecule has 1 atom stereocenters. The first kappa shape index (κ1) is 19.3. The third kappa shape index (κ3) is 4.33. The van der Waals surface area contributed by atoms with Crippen LogP contribution in [0.3, 0.4) is 0 Å². The fourth-order valence-electron chi connectivity index (χ4n) is 2.72. The first-order chi connectivity index (χ1) is 11.2. The molecule has 1 amide bonds. The number of halogens is 1. The van der Waals surface area contributed by atoms with Gasteiger partial charge in [0.1, 0.15) is 0 Å². The lowest BCUT2D eigenvalue weighted by atomic mass is 10.2. The molecule has 1 aliphatic heterocycles. The molecule has 132 valence electrons.